The fourth-order valence-corrected chi connectivity index (χ4v) is 5.42. The number of benzene rings is 2. The molecule has 1 aromatic heterocycles. The summed E-state index contributed by atoms with van der Waals surface area (Å²) in [5.41, 5.74) is -2.78. The van der Waals surface area contributed by atoms with Crippen molar-refractivity contribution in [2.24, 2.45) is 0 Å². The third kappa shape index (κ3) is 5.01. The molecule has 0 radical (unpaired) electrons. The van der Waals surface area contributed by atoms with Crippen molar-refractivity contribution in [2.45, 2.75) is 56.3 Å². The topological polar surface area (TPSA) is 70.5 Å². The standard InChI is InChI=1S/C26H31F4N3O3/c1-24(2,19-14-17(27)8-9-22(19)36-3)15-25(35,26(28,29)30)16-32-12-10-18(11-13-32)33-21-7-5-4-6-20(21)31-23(33)34/h4-9,14,18,35H,10-13,15-16H2,1-3H3,(H,31,34). The van der Waals surface area contributed by atoms with Crippen molar-refractivity contribution < 1.29 is 27.4 Å². The largest absolute Gasteiger partial charge is 0.496 e. The Labute approximate surface area is 206 Å². The first-order chi connectivity index (χ1) is 16.8. The number of para-hydroxylation sites is 2. The van der Waals surface area contributed by atoms with Crippen molar-refractivity contribution >= 4 is 11.0 Å². The van der Waals surface area contributed by atoms with E-state index in [1.54, 1.807) is 15.5 Å². The van der Waals surface area contributed by atoms with Crippen LogP contribution in [0.4, 0.5) is 17.6 Å². The summed E-state index contributed by atoms with van der Waals surface area (Å²) >= 11 is 0. The van der Waals surface area contributed by atoms with Gasteiger partial charge in [0.05, 0.1) is 18.1 Å². The van der Waals surface area contributed by atoms with Crippen LogP contribution in [0.1, 0.15) is 44.7 Å². The zero-order valence-corrected chi connectivity index (χ0v) is 20.5. The van der Waals surface area contributed by atoms with E-state index in [4.69, 9.17) is 4.74 Å². The van der Waals surface area contributed by atoms with Crippen LogP contribution >= 0.6 is 0 Å². The zero-order chi connectivity index (χ0) is 26.3. The number of fused-ring (bicyclic) bond motifs is 1. The van der Waals surface area contributed by atoms with Crippen LogP contribution in [0.2, 0.25) is 0 Å². The van der Waals surface area contributed by atoms with Gasteiger partial charge in [0.2, 0.25) is 0 Å². The Kier molecular flexibility index (Phi) is 6.96. The second kappa shape index (κ2) is 9.55. The Morgan fingerprint density at radius 1 is 1.11 bits per heavy atom. The van der Waals surface area contributed by atoms with Gasteiger partial charge in [-0.2, -0.15) is 13.2 Å². The molecule has 10 heteroatoms. The van der Waals surface area contributed by atoms with E-state index in [-0.39, 0.29) is 23.0 Å². The molecule has 1 unspecified atom stereocenters. The van der Waals surface area contributed by atoms with Crippen LogP contribution in [-0.4, -0.2) is 58.1 Å². The fourth-order valence-electron chi connectivity index (χ4n) is 5.42. The predicted octanol–water partition coefficient (Wildman–Crippen LogP) is 4.78. The smallest absolute Gasteiger partial charge is 0.418 e. The number of methoxy groups -OCH3 is 1. The van der Waals surface area contributed by atoms with Gasteiger partial charge in [-0.25, -0.2) is 9.18 Å². The summed E-state index contributed by atoms with van der Waals surface area (Å²) in [5, 5.41) is 11.0. The van der Waals surface area contributed by atoms with Crippen LogP contribution in [0.25, 0.3) is 11.0 Å². The summed E-state index contributed by atoms with van der Waals surface area (Å²) in [6.07, 6.45) is -4.64. The van der Waals surface area contributed by atoms with Crippen molar-refractivity contribution in [1.82, 2.24) is 14.5 Å². The highest BCUT2D eigenvalue weighted by molar-refractivity contribution is 5.75. The first-order valence-corrected chi connectivity index (χ1v) is 11.9. The molecule has 4 rings (SSSR count). The number of nitrogens with zero attached hydrogens (tertiary/aromatic N) is 2. The number of aliphatic hydroxyl groups is 1. The molecule has 36 heavy (non-hydrogen) atoms. The highest BCUT2D eigenvalue weighted by Crippen LogP contribution is 2.44. The Bertz CT molecular complexity index is 1280. The van der Waals surface area contributed by atoms with E-state index in [0.717, 1.165) is 11.6 Å². The molecule has 0 bridgehead atoms. The molecule has 3 aromatic rings. The number of imidazole rings is 1. The van der Waals surface area contributed by atoms with E-state index in [1.807, 2.05) is 18.2 Å². The molecule has 1 fully saturated rings. The maximum atomic E-state index is 14.3. The Morgan fingerprint density at radius 2 is 1.78 bits per heavy atom. The quantitative estimate of drug-likeness (QED) is 0.450. The highest BCUT2D eigenvalue weighted by Gasteiger charge is 2.57. The molecule has 0 amide bonds. The molecule has 2 heterocycles. The monoisotopic (exact) mass is 509 g/mol. The molecule has 1 atom stereocenters. The zero-order valence-electron chi connectivity index (χ0n) is 20.5. The number of rotatable bonds is 7. The second-order valence-electron chi connectivity index (χ2n) is 10.3. The molecule has 1 aliphatic heterocycles. The van der Waals surface area contributed by atoms with Crippen molar-refractivity contribution in [3.05, 3.63) is 64.3 Å². The Hall–Kier alpha value is -2.85. The van der Waals surface area contributed by atoms with Gasteiger partial charge in [0.25, 0.3) is 0 Å². The van der Waals surface area contributed by atoms with Crippen LogP contribution in [0, 0.1) is 5.82 Å². The molecule has 1 saturated heterocycles. The number of likely N-dealkylation sites (tertiary alicyclic amines) is 1. The Balaban J connectivity index is 1.52. The normalized spacial score (nSPS) is 17.9. The Morgan fingerprint density at radius 3 is 2.42 bits per heavy atom. The summed E-state index contributed by atoms with van der Waals surface area (Å²) in [6.45, 7) is 3.04. The lowest BCUT2D eigenvalue weighted by atomic mass is 9.74. The summed E-state index contributed by atoms with van der Waals surface area (Å²) in [5.74, 6) is -0.333. The molecule has 196 valence electrons. The SMILES string of the molecule is COc1ccc(F)cc1C(C)(C)CC(O)(CN1CCC(n2c(=O)[nH]c3ccccc32)CC1)C(F)(F)F. The van der Waals surface area contributed by atoms with Gasteiger partial charge in [0, 0.05) is 31.2 Å². The molecular weight excluding hydrogens is 478 g/mol. The minimum atomic E-state index is -4.91. The van der Waals surface area contributed by atoms with Crippen LogP contribution in [-0.2, 0) is 5.41 Å². The molecule has 0 aliphatic carbocycles. The van der Waals surface area contributed by atoms with Gasteiger partial charge in [0.1, 0.15) is 11.6 Å². The first kappa shape index (κ1) is 26.2. The lowest BCUT2D eigenvalue weighted by molar-refractivity contribution is -0.272. The van der Waals surface area contributed by atoms with Crippen LogP contribution in [0.15, 0.2) is 47.3 Å². The number of alkyl halides is 3. The number of ether oxygens (including phenoxy) is 1. The van der Waals surface area contributed by atoms with Crippen LogP contribution < -0.4 is 10.4 Å². The molecule has 2 aromatic carbocycles. The van der Waals surface area contributed by atoms with E-state index in [9.17, 15) is 27.5 Å². The number of hydrogen-bond donors (Lipinski definition) is 2. The van der Waals surface area contributed by atoms with Gasteiger partial charge in [-0.3, -0.25) is 9.47 Å². The summed E-state index contributed by atoms with van der Waals surface area (Å²) in [4.78, 5) is 16.9. The summed E-state index contributed by atoms with van der Waals surface area (Å²) in [7, 11) is 1.37. The van der Waals surface area contributed by atoms with Gasteiger partial charge in [-0.1, -0.05) is 26.0 Å². The molecule has 1 aliphatic rings. The van der Waals surface area contributed by atoms with Gasteiger partial charge in [-0.15, -0.1) is 0 Å². The highest BCUT2D eigenvalue weighted by atomic mass is 19.4. The van der Waals surface area contributed by atoms with Crippen molar-refractivity contribution in [1.29, 1.82) is 0 Å². The minimum absolute atomic E-state index is 0.156. The van der Waals surface area contributed by atoms with E-state index in [0.29, 0.717) is 31.4 Å². The number of hydrogen-bond acceptors (Lipinski definition) is 4. The lowest BCUT2D eigenvalue weighted by Crippen LogP contribution is -2.57. The van der Waals surface area contributed by atoms with Crippen LogP contribution in [0.3, 0.4) is 0 Å². The third-order valence-corrected chi connectivity index (χ3v) is 7.18. The van der Waals surface area contributed by atoms with Crippen molar-refractivity contribution in [3.8, 4) is 5.75 Å². The average Bonchev–Trinajstić information content (AvgIpc) is 3.14. The summed E-state index contributed by atoms with van der Waals surface area (Å²) < 4.78 is 63.7. The number of halogens is 4. The van der Waals surface area contributed by atoms with Crippen molar-refractivity contribution in [3.63, 3.8) is 0 Å². The molecule has 6 nitrogen and oxygen atoms in total. The van der Waals surface area contributed by atoms with E-state index < -0.39 is 36.0 Å². The number of β-amino-alcohol motifs (C(OH)–C–C–N with tert-alkyl or cyclic N) is 1. The van der Waals surface area contributed by atoms with E-state index >= 15 is 0 Å². The van der Waals surface area contributed by atoms with E-state index in [2.05, 4.69) is 4.98 Å². The van der Waals surface area contributed by atoms with Crippen LogP contribution in [0.5, 0.6) is 5.75 Å². The lowest BCUT2D eigenvalue weighted by Gasteiger charge is -2.42. The minimum Gasteiger partial charge on any atom is -0.496 e. The fraction of sp³-hybridized carbons (Fsp3) is 0.500. The van der Waals surface area contributed by atoms with Crippen molar-refractivity contribution in [2.75, 3.05) is 26.7 Å². The third-order valence-electron chi connectivity index (χ3n) is 7.18. The number of aromatic amines is 1. The van der Waals surface area contributed by atoms with Gasteiger partial charge in [0.15, 0.2) is 5.60 Å². The number of aromatic nitrogens is 2. The predicted molar refractivity (Wildman–Crippen MR) is 129 cm³/mol. The van der Waals surface area contributed by atoms with Gasteiger partial charge in [-0.05, 0) is 55.0 Å². The maximum Gasteiger partial charge on any atom is 0.418 e. The average molecular weight is 510 g/mol. The molecule has 0 spiro atoms. The molecular formula is C26H31F4N3O3. The number of piperidine rings is 1. The molecule has 0 saturated carbocycles. The van der Waals surface area contributed by atoms with Gasteiger partial charge < -0.3 is 14.8 Å². The number of H-pyrrole nitrogens is 1. The molecule has 2 N–H and O–H groups in total. The number of nitrogens with one attached hydrogen (secondary N) is 1. The van der Waals surface area contributed by atoms with E-state index in [1.165, 1.54) is 33.1 Å². The summed E-state index contributed by atoms with van der Waals surface area (Å²) in [6, 6.07) is 10.8. The van der Waals surface area contributed by atoms with Gasteiger partial charge >= 0.3 is 11.9 Å². The maximum absolute atomic E-state index is 14.3. The second-order valence-corrected chi connectivity index (χ2v) is 10.3. The first-order valence-electron chi connectivity index (χ1n) is 11.9.